The molecule has 0 spiro atoms. The van der Waals surface area contributed by atoms with Crippen LogP contribution >= 0.6 is 11.6 Å². The summed E-state index contributed by atoms with van der Waals surface area (Å²) in [6.07, 6.45) is 2.45. The van der Waals surface area contributed by atoms with E-state index in [2.05, 4.69) is 20.1 Å². The number of hydrogen-bond donors (Lipinski definition) is 0. The van der Waals surface area contributed by atoms with Gasteiger partial charge >= 0.3 is 0 Å². The summed E-state index contributed by atoms with van der Waals surface area (Å²) >= 11 is 5.91. The number of aryl methyl sites for hydroxylation is 1. The highest BCUT2D eigenvalue weighted by molar-refractivity contribution is 6.31. The van der Waals surface area contributed by atoms with Crippen molar-refractivity contribution in [2.75, 3.05) is 0 Å². The zero-order valence-electron chi connectivity index (χ0n) is 10.5. The van der Waals surface area contributed by atoms with Gasteiger partial charge in [0.25, 0.3) is 0 Å². The van der Waals surface area contributed by atoms with E-state index < -0.39 is 5.82 Å². The molecule has 0 bridgehead atoms. The maximum atomic E-state index is 13.6. The van der Waals surface area contributed by atoms with Crippen LogP contribution in [0.15, 0.2) is 28.0 Å². The van der Waals surface area contributed by atoms with Crippen LogP contribution in [-0.4, -0.2) is 16.0 Å². The molecule has 0 atom stereocenters. The van der Waals surface area contributed by atoms with Gasteiger partial charge in [-0.1, -0.05) is 28.0 Å². The zero-order chi connectivity index (χ0) is 13.9. The standard InChI is InChI=1S/C13H11ClFN3O2/c14-9-3-1-4-10(15)8(9)7-19-16-11-5-2-6-12-13(11)18-20-17-12/h1,3-4H,2,5-7H2. The van der Waals surface area contributed by atoms with E-state index in [1.807, 2.05) is 0 Å². The van der Waals surface area contributed by atoms with Gasteiger partial charge < -0.3 is 4.84 Å². The first kappa shape index (κ1) is 13.1. The SMILES string of the molecule is Fc1cccc(Cl)c1CON=C1CCCc2nonc21. The van der Waals surface area contributed by atoms with Gasteiger partial charge in [0.1, 0.15) is 23.8 Å². The van der Waals surface area contributed by atoms with E-state index in [1.165, 1.54) is 6.07 Å². The molecule has 20 heavy (non-hydrogen) atoms. The Labute approximate surface area is 119 Å². The van der Waals surface area contributed by atoms with Crippen molar-refractivity contribution < 1.29 is 13.9 Å². The number of benzene rings is 1. The Bertz CT molecular complexity index is 637. The van der Waals surface area contributed by atoms with Crippen LogP contribution in [0, 0.1) is 5.82 Å². The molecule has 104 valence electrons. The third kappa shape index (κ3) is 2.51. The molecule has 7 heteroatoms. The molecule has 0 saturated carbocycles. The fourth-order valence-corrected chi connectivity index (χ4v) is 2.28. The Balaban J connectivity index is 1.73. The minimum absolute atomic E-state index is 0.0321. The minimum Gasteiger partial charge on any atom is -0.390 e. The highest BCUT2D eigenvalue weighted by atomic mass is 35.5. The van der Waals surface area contributed by atoms with E-state index in [-0.39, 0.29) is 12.2 Å². The van der Waals surface area contributed by atoms with Crippen LogP contribution in [0.5, 0.6) is 0 Å². The third-order valence-electron chi connectivity index (χ3n) is 3.10. The maximum absolute atomic E-state index is 13.6. The number of nitrogens with zero attached hydrogens (tertiary/aromatic N) is 3. The van der Waals surface area contributed by atoms with E-state index in [9.17, 15) is 4.39 Å². The Morgan fingerprint density at radius 1 is 1.35 bits per heavy atom. The number of rotatable bonds is 3. The molecule has 1 aromatic carbocycles. The second-order valence-corrected chi connectivity index (χ2v) is 4.83. The smallest absolute Gasteiger partial charge is 0.155 e. The highest BCUT2D eigenvalue weighted by Gasteiger charge is 2.21. The third-order valence-corrected chi connectivity index (χ3v) is 3.46. The van der Waals surface area contributed by atoms with E-state index in [0.717, 1.165) is 25.0 Å². The summed E-state index contributed by atoms with van der Waals surface area (Å²) in [5, 5.41) is 11.9. The van der Waals surface area contributed by atoms with Crippen molar-refractivity contribution in [3.8, 4) is 0 Å². The zero-order valence-corrected chi connectivity index (χ0v) is 11.2. The summed E-state index contributed by atoms with van der Waals surface area (Å²) in [5.74, 6) is -0.412. The van der Waals surface area contributed by atoms with E-state index in [4.69, 9.17) is 16.4 Å². The molecule has 0 saturated heterocycles. The van der Waals surface area contributed by atoms with Crippen LogP contribution in [0.4, 0.5) is 4.39 Å². The Kier molecular flexibility index (Phi) is 3.64. The molecular weight excluding hydrogens is 285 g/mol. The summed E-state index contributed by atoms with van der Waals surface area (Å²) in [6, 6.07) is 4.48. The molecule has 1 aromatic heterocycles. The van der Waals surface area contributed by atoms with Gasteiger partial charge in [0.15, 0.2) is 5.69 Å². The Morgan fingerprint density at radius 3 is 3.10 bits per heavy atom. The first-order valence-electron chi connectivity index (χ1n) is 6.19. The molecule has 5 nitrogen and oxygen atoms in total. The van der Waals surface area contributed by atoms with Crippen molar-refractivity contribution in [1.82, 2.24) is 10.3 Å². The van der Waals surface area contributed by atoms with E-state index in [1.54, 1.807) is 12.1 Å². The summed E-state index contributed by atoms with van der Waals surface area (Å²) < 4.78 is 18.2. The van der Waals surface area contributed by atoms with Crippen LogP contribution in [0.2, 0.25) is 5.02 Å². The van der Waals surface area contributed by atoms with Gasteiger partial charge in [-0.2, -0.15) is 0 Å². The van der Waals surface area contributed by atoms with Crippen molar-refractivity contribution in [2.45, 2.75) is 25.9 Å². The quantitative estimate of drug-likeness (QED) is 0.816. The van der Waals surface area contributed by atoms with Crippen molar-refractivity contribution in [2.24, 2.45) is 5.16 Å². The van der Waals surface area contributed by atoms with Gasteiger partial charge in [0, 0.05) is 5.56 Å². The van der Waals surface area contributed by atoms with Gasteiger partial charge in [-0.25, -0.2) is 9.02 Å². The van der Waals surface area contributed by atoms with Crippen LogP contribution in [0.25, 0.3) is 0 Å². The van der Waals surface area contributed by atoms with Crippen LogP contribution in [-0.2, 0) is 17.9 Å². The van der Waals surface area contributed by atoms with Crippen molar-refractivity contribution >= 4 is 17.3 Å². The van der Waals surface area contributed by atoms with Crippen LogP contribution in [0.1, 0.15) is 29.8 Å². The van der Waals surface area contributed by atoms with Gasteiger partial charge in [-0.05, 0) is 36.6 Å². The Morgan fingerprint density at radius 2 is 2.25 bits per heavy atom. The van der Waals surface area contributed by atoms with Crippen LogP contribution < -0.4 is 0 Å². The lowest BCUT2D eigenvalue weighted by molar-refractivity contribution is 0.127. The number of hydrogen-bond acceptors (Lipinski definition) is 5. The largest absolute Gasteiger partial charge is 0.390 e. The number of aromatic nitrogens is 2. The normalized spacial score (nSPS) is 16.2. The molecule has 1 aliphatic rings. The molecule has 0 amide bonds. The predicted octanol–water partition coefficient (Wildman–Crippen LogP) is 3.12. The Hall–Kier alpha value is -1.95. The molecule has 1 aliphatic carbocycles. The molecule has 0 unspecified atom stereocenters. The lowest BCUT2D eigenvalue weighted by Crippen LogP contribution is -2.12. The lowest BCUT2D eigenvalue weighted by atomic mass is 9.99. The van der Waals surface area contributed by atoms with Crippen LogP contribution in [0.3, 0.4) is 0 Å². The molecular formula is C13H11ClFN3O2. The molecule has 1 heterocycles. The molecule has 0 radical (unpaired) electrons. The summed E-state index contributed by atoms with van der Waals surface area (Å²) in [6.45, 7) is -0.0321. The maximum Gasteiger partial charge on any atom is 0.155 e. The number of fused-ring (bicyclic) bond motifs is 1. The average Bonchev–Trinajstić information content (AvgIpc) is 2.91. The van der Waals surface area contributed by atoms with Gasteiger partial charge in [0.2, 0.25) is 0 Å². The van der Waals surface area contributed by atoms with E-state index >= 15 is 0 Å². The first-order valence-corrected chi connectivity index (χ1v) is 6.57. The fourth-order valence-electron chi connectivity index (χ4n) is 2.07. The van der Waals surface area contributed by atoms with Crippen molar-refractivity contribution in [3.63, 3.8) is 0 Å². The highest BCUT2D eigenvalue weighted by Crippen LogP contribution is 2.21. The molecule has 0 fully saturated rings. The average molecular weight is 296 g/mol. The summed E-state index contributed by atoms with van der Waals surface area (Å²) in [4.78, 5) is 5.20. The predicted molar refractivity (Wildman–Crippen MR) is 70.0 cm³/mol. The minimum atomic E-state index is -0.412. The van der Waals surface area contributed by atoms with Gasteiger partial charge in [0.05, 0.1) is 5.02 Å². The van der Waals surface area contributed by atoms with Crippen molar-refractivity contribution in [3.05, 3.63) is 46.0 Å². The van der Waals surface area contributed by atoms with E-state index in [0.29, 0.717) is 16.4 Å². The molecule has 0 aliphatic heterocycles. The summed E-state index contributed by atoms with van der Waals surface area (Å²) in [7, 11) is 0. The van der Waals surface area contributed by atoms with Gasteiger partial charge in [-0.3, -0.25) is 0 Å². The molecule has 2 aromatic rings. The topological polar surface area (TPSA) is 60.5 Å². The number of oxime groups is 1. The van der Waals surface area contributed by atoms with Crippen molar-refractivity contribution in [1.29, 1.82) is 0 Å². The monoisotopic (exact) mass is 295 g/mol. The second kappa shape index (κ2) is 5.58. The second-order valence-electron chi connectivity index (χ2n) is 4.42. The lowest BCUT2D eigenvalue weighted by Gasteiger charge is -2.10. The number of halogens is 2. The molecule has 3 rings (SSSR count). The fraction of sp³-hybridized carbons (Fsp3) is 0.308. The first-order chi connectivity index (χ1) is 9.75. The summed E-state index contributed by atoms with van der Waals surface area (Å²) in [5.41, 5.74) is 2.35. The molecule has 0 N–H and O–H groups in total. The van der Waals surface area contributed by atoms with Gasteiger partial charge in [-0.15, -0.1) is 0 Å².